The summed E-state index contributed by atoms with van der Waals surface area (Å²) < 4.78 is 5.36. The van der Waals surface area contributed by atoms with Crippen LogP contribution in [0.5, 0.6) is 5.75 Å². The predicted octanol–water partition coefficient (Wildman–Crippen LogP) is 5.72. The van der Waals surface area contributed by atoms with Crippen molar-refractivity contribution in [3.8, 4) is 11.8 Å². The molecule has 222 valence electrons. The first-order chi connectivity index (χ1) is 21.0. The molecule has 0 spiro atoms. The van der Waals surface area contributed by atoms with E-state index in [1.54, 1.807) is 12.0 Å². The number of carbonyl (C=O) groups is 2. The second-order valence-corrected chi connectivity index (χ2v) is 11.8. The molecule has 3 aromatic rings. The highest BCUT2D eigenvalue weighted by atomic mass is 16.5. The van der Waals surface area contributed by atoms with Crippen LogP contribution < -0.4 is 10.1 Å². The van der Waals surface area contributed by atoms with Gasteiger partial charge in [-0.2, -0.15) is 5.26 Å². The van der Waals surface area contributed by atoms with Crippen molar-refractivity contribution >= 4 is 17.6 Å². The van der Waals surface area contributed by atoms with Gasteiger partial charge in [0.1, 0.15) is 17.8 Å². The zero-order chi connectivity index (χ0) is 29.8. The molecular formula is C34H38N6O3. The van der Waals surface area contributed by atoms with Gasteiger partial charge in [0.05, 0.1) is 25.6 Å². The first kappa shape index (κ1) is 28.7. The molecule has 1 unspecified atom stereocenters. The number of aryl methyl sites for hydroxylation is 1. The van der Waals surface area contributed by atoms with Gasteiger partial charge in [-0.1, -0.05) is 24.3 Å². The Labute approximate surface area is 252 Å². The number of carbonyl (C=O) groups excluding carboxylic acids is 2. The molecule has 43 heavy (non-hydrogen) atoms. The molecule has 9 nitrogen and oxygen atoms in total. The number of urea groups is 1. The van der Waals surface area contributed by atoms with E-state index in [1.807, 2.05) is 47.4 Å². The Kier molecular flexibility index (Phi) is 8.55. The topological polar surface area (TPSA) is 111 Å². The quantitative estimate of drug-likeness (QED) is 0.384. The van der Waals surface area contributed by atoms with Crippen molar-refractivity contribution in [1.29, 1.82) is 5.26 Å². The zero-order valence-electron chi connectivity index (χ0n) is 24.7. The predicted molar refractivity (Wildman–Crippen MR) is 163 cm³/mol. The second-order valence-electron chi connectivity index (χ2n) is 11.8. The molecule has 1 N–H and O–H groups in total. The normalized spacial score (nSPS) is 21.6. The molecule has 3 amide bonds. The minimum atomic E-state index is -0.265. The van der Waals surface area contributed by atoms with Crippen LogP contribution in [-0.4, -0.2) is 57.9 Å². The van der Waals surface area contributed by atoms with E-state index in [0.29, 0.717) is 24.7 Å². The van der Waals surface area contributed by atoms with E-state index < -0.39 is 0 Å². The molecule has 3 aliphatic rings. The maximum Gasteiger partial charge on any atom is 0.322 e. The van der Waals surface area contributed by atoms with Crippen LogP contribution in [0.15, 0.2) is 54.9 Å². The summed E-state index contributed by atoms with van der Waals surface area (Å²) in [5, 5.41) is 12.6. The Bertz CT molecular complexity index is 1530. The van der Waals surface area contributed by atoms with Gasteiger partial charge in [0.2, 0.25) is 0 Å². The Morgan fingerprint density at radius 2 is 1.86 bits per heavy atom. The molecule has 1 saturated carbocycles. The lowest BCUT2D eigenvalue weighted by Crippen LogP contribution is -2.44. The molecule has 0 radical (unpaired) electrons. The fraction of sp³-hybridized carbons (Fsp3) is 0.441. The number of methoxy groups -OCH3 is 1. The molecule has 0 bridgehead atoms. The summed E-state index contributed by atoms with van der Waals surface area (Å²) in [5.41, 5.74) is 5.49. The smallest absolute Gasteiger partial charge is 0.322 e. The maximum atomic E-state index is 13.6. The minimum absolute atomic E-state index is 0.0141. The summed E-state index contributed by atoms with van der Waals surface area (Å²) in [6.45, 7) is 1.27. The van der Waals surface area contributed by atoms with Crippen LogP contribution in [-0.2, 0) is 19.3 Å². The van der Waals surface area contributed by atoms with Crippen molar-refractivity contribution in [2.24, 2.45) is 5.92 Å². The molecule has 1 fully saturated rings. The standard InChI is InChI=1S/C34H38N6O3/c1-43-28-12-13-30-25(20-28)16-18-39(34(42)38-30)27-10-7-23(8-11-27)6-9-26-21-31(37-22-36-26)33(41)40-19-15-24-4-2-3-5-29(24)32(40)14-17-35/h2-5,12-13,20-23,27,32H,6-11,14-16,18-19H2,1H3,(H,38,42). The summed E-state index contributed by atoms with van der Waals surface area (Å²) in [7, 11) is 1.66. The first-order valence-electron chi connectivity index (χ1n) is 15.3. The van der Waals surface area contributed by atoms with Gasteiger partial charge < -0.3 is 19.9 Å². The average Bonchev–Trinajstić information content (AvgIpc) is 3.21. The Morgan fingerprint density at radius 1 is 1.05 bits per heavy atom. The van der Waals surface area contributed by atoms with Gasteiger partial charge in [-0.25, -0.2) is 14.8 Å². The lowest BCUT2D eigenvalue weighted by atomic mass is 9.82. The minimum Gasteiger partial charge on any atom is -0.497 e. The highest BCUT2D eigenvalue weighted by Crippen LogP contribution is 2.34. The summed E-state index contributed by atoms with van der Waals surface area (Å²) in [6, 6.07) is 17.9. The summed E-state index contributed by atoms with van der Waals surface area (Å²) in [4.78, 5) is 39.3. The van der Waals surface area contributed by atoms with Crippen LogP contribution in [0.1, 0.15) is 77.4 Å². The zero-order valence-corrected chi connectivity index (χ0v) is 24.7. The van der Waals surface area contributed by atoms with Crippen molar-refractivity contribution in [2.45, 2.75) is 69.9 Å². The lowest BCUT2D eigenvalue weighted by molar-refractivity contribution is 0.0657. The van der Waals surface area contributed by atoms with Crippen LogP contribution in [0.25, 0.3) is 0 Å². The number of nitrogens with zero attached hydrogens (tertiary/aromatic N) is 5. The highest BCUT2D eigenvalue weighted by molar-refractivity contribution is 5.93. The molecule has 6 rings (SSSR count). The van der Waals surface area contributed by atoms with Crippen molar-refractivity contribution in [3.63, 3.8) is 0 Å². The Hall–Kier alpha value is -4.45. The number of fused-ring (bicyclic) bond motifs is 2. The third-order valence-corrected chi connectivity index (χ3v) is 9.40. The average molecular weight is 579 g/mol. The lowest BCUT2D eigenvalue weighted by Gasteiger charge is -2.36. The van der Waals surface area contributed by atoms with Gasteiger partial charge in [-0.05, 0) is 98.2 Å². The third-order valence-electron chi connectivity index (χ3n) is 9.40. The molecule has 1 aliphatic carbocycles. The molecule has 9 heteroatoms. The van der Waals surface area contributed by atoms with Gasteiger partial charge >= 0.3 is 6.03 Å². The van der Waals surface area contributed by atoms with Crippen LogP contribution in [0, 0.1) is 17.2 Å². The number of hydrogen-bond acceptors (Lipinski definition) is 6. The third kappa shape index (κ3) is 6.19. The van der Waals surface area contributed by atoms with E-state index in [9.17, 15) is 14.9 Å². The number of rotatable bonds is 7. The fourth-order valence-corrected chi connectivity index (χ4v) is 7.00. The van der Waals surface area contributed by atoms with Crippen molar-refractivity contribution in [1.82, 2.24) is 19.8 Å². The Morgan fingerprint density at radius 3 is 2.67 bits per heavy atom. The number of amides is 3. The number of nitriles is 1. The maximum absolute atomic E-state index is 13.6. The van der Waals surface area contributed by atoms with Crippen LogP contribution in [0.2, 0.25) is 0 Å². The molecule has 0 saturated heterocycles. The van der Waals surface area contributed by atoms with Crippen molar-refractivity contribution in [2.75, 3.05) is 25.5 Å². The van der Waals surface area contributed by atoms with Gasteiger partial charge in [-0.15, -0.1) is 0 Å². The number of ether oxygens (including phenoxy) is 1. The summed E-state index contributed by atoms with van der Waals surface area (Å²) in [5.74, 6) is 1.22. The van der Waals surface area contributed by atoms with Gasteiger partial charge in [0.15, 0.2) is 0 Å². The first-order valence-corrected chi connectivity index (χ1v) is 15.3. The molecule has 1 atom stereocenters. The number of anilines is 1. The Balaban J connectivity index is 1.03. The second kappa shape index (κ2) is 12.8. The summed E-state index contributed by atoms with van der Waals surface area (Å²) >= 11 is 0. The molecule has 2 aliphatic heterocycles. The van der Waals surface area contributed by atoms with Gasteiger partial charge in [-0.3, -0.25) is 4.79 Å². The van der Waals surface area contributed by atoms with E-state index in [0.717, 1.165) is 79.6 Å². The SMILES string of the molecule is COc1ccc2c(c1)CCN(C1CCC(CCc3cc(C(=O)N4CCc5ccccc5C4CC#N)ncn3)CC1)C(=O)N2. The molecular weight excluding hydrogens is 540 g/mol. The van der Waals surface area contributed by atoms with E-state index in [1.165, 1.54) is 11.9 Å². The van der Waals surface area contributed by atoms with E-state index >= 15 is 0 Å². The van der Waals surface area contributed by atoms with Gasteiger partial charge in [0, 0.05) is 30.5 Å². The van der Waals surface area contributed by atoms with E-state index in [2.05, 4.69) is 27.4 Å². The van der Waals surface area contributed by atoms with E-state index in [4.69, 9.17) is 4.74 Å². The fourth-order valence-electron chi connectivity index (χ4n) is 7.00. The van der Waals surface area contributed by atoms with Crippen molar-refractivity contribution in [3.05, 3.63) is 82.9 Å². The molecule has 3 heterocycles. The summed E-state index contributed by atoms with van der Waals surface area (Å²) in [6.07, 6.45) is 9.19. The molecule has 2 aromatic carbocycles. The highest BCUT2D eigenvalue weighted by Gasteiger charge is 2.33. The number of aromatic nitrogens is 2. The van der Waals surface area contributed by atoms with Crippen LogP contribution in [0.3, 0.4) is 0 Å². The van der Waals surface area contributed by atoms with Crippen LogP contribution in [0.4, 0.5) is 10.5 Å². The molecule has 1 aromatic heterocycles. The largest absolute Gasteiger partial charge is 0.497 e. The van der Waals surface area contributed by atoms with Crippen LogP contribution >= 0.6 is 0 Å². The number of nitrogens with one attached hydrogen (secondary N) is 1. The number of hydrogen-bond donors (Lipinski definition) is 1. The van der Waals surface area contributed by atoms with Crippen molar-refractivity contribution < 1.29 is 14.3 Å². The van der Waals surface area contributed by atoms with E-state index in [-0.39, 0.29) is 30.4 Å². The van der Waals surface area contributed by atoms with Gasteiger partial charge in [0.25, 0.3) is 5.91 Å². The number of benzene rings is 2. The monoisotopic (exact) mass is 578 g/mol.